The summed E-state index contributed by atoms with van der Waals surface area (Å²) in [4.78, 5) is 12.0. The molecule has 0 radical (unpaired) electrons. The summed E-state index contributed by atoms with van der Waals surface area (Å²) in [6.07, 6.45) is 1.08. The van der Waals surface area contributed by atoms with Gasteiger partial charge in [0.2, 0.25) is 0 Å². The minimum Gasteiger partial charge on any atom is -0.317 e. The van der Waals surface area contributed by atoms with E-state index in [-0.39, 0.29) is 5.56 Å². The first kappa shape index (κ1) is 15.1. The highest BCUT2D eigenvalue weighted by Crippen LogP contribution is 2.17. The van der Waals surface area contributed by atoms with E-state index in [0.29, 0.717) is 31.5 Å². The number of hydrogen-bond acceptors (Lipinski definition) is 4. The van der Waals surface area contributed by atoms with E-state index in [1.807, 2.05) is 0 Å². The highest BCUT2D eigenvalue weighted by Gasteiger charge is 2.29. The molecule has 0 aromatic heterocycles. The van der Waals surface area contributed by atoms with Crippen LogP contribution in [0.5, 0.6) is 0 Å². The molecule has 110 valence electrons. The highest BCUT2D eigenvalue weighted by atomic mass is 32.2. The summed E-state index contributed by atoms with van der Waals surface area (Å²) in [5, 5.41) is 2.64. The SMILES string of the molecule is Cc1cc(C(=O)CS(=O)(=O)C2CCNCC2)ccc1F. The Bertz CT molecular complexity index is 607. The predicted octanol–water partition coefficient (Wildman–Crippen LogP) is 1.48. The third-order valence-electron chi connectivity index (χ3n) is 3.61. The van der Waals surface area contributed by atoms with Crippen LogP contribution < -0.4 is 5.32 Å². The molecular formula is C14H18FNO3S. The van der Waals surface area contributed by atoms with Crippen LogP contribution in [0.4, 0.5) is 4.39 Å². The van der Waals surface area contributed by atoms with E-state index in [1.165, 1.54) is 18.2 Å². The summed E-state index contributed by atoms with van der Waals surface area (Å²) in [5.41, 5.74) is 0.594. The Labute approximate surface area is 118 Å². The number of halogens is 1. The predicted molar refractivity (Wildman–Crippen MR) is 75.1 cm³/mol. The molecule has 20 heavy (non-hydrogen) atoms. The molecule has 1 saturated heterocycles. The number of rotatable bonds is 4. The minimum atomic E-state index is -3.44. The van der Waals surface area contributed by atoms with Gasteiger partial charge in [-0.1, -0.05) is 0 Å². The van der Waals surface area contributed by atoms with Gasteiger partial charge in [0.15, 0.2) is 15.6 Å². The van der Waals surface area contributed by atoms with Crippen molar-refractivity contribution in [2.24, 2.45) is 0 Å². The Kier molecular flexibility index (Phi) is 4.55. The van der Waals surface area contributed by atoms with Crippen molar-refractivity contribution >= 4 is 15.6 Å². The van der Waals surface area contributed by atoms with Crippen molar-refractivity contribution in [1.29, 1.82) is 0 Å². The lowest BCUT2D eigenvalue weighted by Gasteiger charge is -2.22. The van der Waals surface area contributed by atoms with Crippen LogP contribution in [0.3, 0.4) is 0 Å². The first-order valence-electron chi connectivity index (χ1n) is 6.62. The molecule has 0 spiro atoms. The fraction of sp³-hybridized carbons (Fsp3) is 0.500. The molecule has 1 aromatic rings. The van der Waals surface area contributed by atoms with Gasteiger partial charge in [-0.05, 0) is 56.6 Å². The van der Waals surface area contributed by atoms with Gasteiger partial charge in [-0.2, -0.15) is 0 Å². The Morgan fingerprint density at radius 3 is 2.60 bits per heavy atom. The van der Waals surface area contributed by atoms with E-state index in [0.717, 1.165) is 0 Å². The van der Waals surface area contributed by atoms with Gasteiger partial charge in [-0.25, -0.2) is 12.8 Å². The topological polar surface area (TPSA) is 63.2 Å². The molecule has 0 unspecified atom stereocenters. The summed E-state index contributed by atoms with van der Waals surface area (Å²) < 4.78 is 37.6. The average molecular weight is 299 g/mol. The molecule has 1 heterocycles. The number of aryl methyl sites for hydroxylation is 1. The van der Waals surface area contributed by atoms with Crippen LogP contribution >= 0.6 is 0 Å². The summed E-state index contributed by atoms with van der Waals surface area (Å²) in [5.74, 6) is -1.36. The van der Waals surface area contributed by atoms with E-state index in [2.05, 4.69) is 5.32 Å². The van der Waals surface area contributed by atoms with Crippen LogP contribution in [-0.2, 0) is 9.84 Å². The van der Waals surface area contributed by atoms with E-state index >= 15 is 0 Å². The normalized spacial score (nSPS) is 17.1. The summed E-state index contributed by atoms with van der Waals surface area (Å²) in [6.45, 7) is 2.87. The smallest absolute Gasteiger partial charge is 0.177 e. The fourth-order valence-corrected chi connectivity index (χ4v) is 4.08. The van der Waals surface area contributed by atoms with Crippen LogP contribution in [0.15, 0.2) is 18.2 Å². The summed E-state index contributed by atoms with van der Waals surface area (Å²) in [6, 6.07) is 3.93. The standard InChI is InChI=1S/C14H18FNO3S/c1-10-8-11(2-3-13(10)15)14(17)9-20(18,19)12-4-6-16-7-5-12/h2-3,8,12,16H,4-7,9H2,1H3. The van der Waals surface area contributed by atoms with E-state index < -0.39 is 32.4 Å². The Balaban J connectivity index is 2.11. The molecule has 1 aliphatic heterocycles. The third kappa shape index (κ3) is 3.43. The maximum Gasteiger partial charge on any atom is 0.177 e. The maximum atomic E-state index is 13.2. The monoisotopic (exact) mass is 299 g/mol. The number of carbonyl (C=O) groups excluding carboxylic acids is 1. The van der Waals surface area contributed by atoms with Crippen LogP contribution in [0.25, 0.3) is 0 Å². The van der Waals surface area contributed by atoms with Gasteiger partial charge in [0.25, 0.3) is 0 Å². The zero-order valence-corrected chi connectivity index (χ0v) is 12.2. The van der Waals surface area contributed by atoms with Crippen molar-refractivity contribution in [2.45, 2.75) is 25.0 Å². The molecule has 4 nitrogen and oxygen atoms in total. The molecule has 0 bridgehead atoms. The van der Waals surface area contributed by atoms with E-state index in [4.69, 9.17) is 0 Å². The number of carbonyl (C=O) groups is 1. The molecule has 0 aliphatic carbocycles. The maximum absolute atomic E-state index is 13.2. The Morgan fingerprint density at radius 2 is 2.00 bits per heavy atom. The number of hydrogen-bond donors (Lipinski definition) is 1. The Morgan fingerprint density at radius 1 is 1.35 bits per heavy atom. The van der Waals surface area contributed by atoms with Crippen molar-refractivity contribution in [1.82, 2.24) is 5.32 Å². The molecule has 1 aliphatic rings. The molecular weight excluding hydrogens is 281 g/mol. The Hall–Kier alpha value is -1.27. The van der Waals surface area contributed by atoms with E-state index in [1.54, 1.807) is 6.92 Å². The van der Waals surface area contributed by atoms with Crippen molar-refractivity contribution in [3.63, 3.8) is 0 Å². The van der Waals surface area contributed by atoms with Gasteiger partial charge < -0.3 is 5.32 Å². The van der Waals surface area contributed by atoms with Crippen molar-refractivity contribution in [3.05, 3.63) is 35.1 Å². The molecule has 0 saturated carbocycles. The van der Waals surface area contributed by atoms with Gasteiger partial charge >= 0.3 is 0 Å². The number of benzene rings is 1. The summed E-state index contributed by atoms with van der Waals surface area (Å²) in [7, 11) is -3.44. The number of piperidine rings is 1. The fourth-order valence-electron chi connectivity index (χ4n) is 2.36. The molecule has 1 N–H and O–H groups in total. The van der Waals surface area contributed by atoms with Crippen molar-refractivity contribution < 1.29 is 17.6 Å². The van der Waals surface area contributed by atoms with Gasteiger partial charge in [0.1, 0.15) is 11.6 Å². The second-order valence-electron chi connectivity index (χ2n) is 5.14. The first-order valence-corrected chi connectivity index (χ1v) is 8.33. The first-order chi connectivity index (χ1) is 9.40. The largest absolute Gasteiger partial charge is 0.317 e. The lowest BCUT2D eigenvalue weighted by Crippen LogP contribution is -2.38. The van der Waals surface area contributed by atoms with Gasteiger partial charge in [0, 0.05) is 5.56 Å². The molecule has 6 heteroatoms. The minimum absolute atomic E-state index is 0.251. The lowest BCUT2D eigenvalue weighted by atomic mass is 10.1. The zero-order valence-electron chi connectivity index (χ0n) is 11.4. The van der Waals surface area contributed by atoms with Crippen molar-refractivity contribution in [2.75, 3.05) is 18.8 Å². The van der Waals surface area contributed by atoms with Crippen LogP contribution in [0, 0.1) is 12.7 Å². The number of sulfone groups is 1. The lowest BCUT2D eigenvalue weighted by molar-refractivity contribution is 0.102. The second-order valence-corrected chi connectivity index (χ2v) is 7.42. The molecule has 0 atom stereocenters. The van der Waals surface area contributed by atoms with Crippen LogP contribution in [-0.4, -0.2) is 38.3 Å². The molecule has 2 rings (SSSR count). The van der Waals surface area contributed by atoms with Crippen LogP contribution in [0.2, 0.25) is 0 Å². The number of nitrogens with one attached hydrogen (secondary N) is 1. The molecule has 1 aromatic carbocycles. The number of Topliss-reactive ketones (excluding diaryl/α,β-unsaturated/α-hetero) is 1. The number of ketones is 1. The quantitative estimate of drug-likeness (QED) is 0.856. The highest BCUT2D eigenvalue weighted by molar-refractivity contribution is 7.92. The van der Waals surface area contributed by atoms with E-state index in [9.17, 15) is 17.6 Å². The van der Waals surface area contributed by atoms with Crippen molar-refractivity contribution in [3.8, 4) is 0 Å². The van der Waals surface area contributed by atoms with Gasteiger partial charge in [-0.3, -0.25) is 4.79 Å². The zero-order chi connectivity index (χ0) is 14.8. The third-order valence-corrected chi connectivity index (χ3v) is 5.76. The molecule has 1 fully saturated rings. The summed E-state index contributed by atoms with van der Waals surface area (Å²) >= 11 is 0. The van der Waals surface area contributed by atoms with Gasteiger partial charge in [-0.15, -0.1) is 0 Å². The van der Waals surface area contributed by atoms with Crippen LogP contribution in [0.1, 0.15) is 28.8 Å². The molecule has 0 amide bonds. The van der Waals surface area contributed by atoms with Gasteiger partial charge in [0.05, 0.1) is 5.25 Å². The average Bonchev–Trinajstić information content (AvgIpc) is 2.42. The second kappa shape index (κ2) is 6.01.